The van der Waals surface area contributed by atoms with E-state index in [1.807, 2.05) is 12.1 Å². The summed E-state index contributed by atoms with van der Waals surface area (Å²) < 4.78 is 41.6. The maximum atomic E-state index is 12.3. The van der Waals surface area contributed by atoms with Crippen LogP contribution in [0.5, 0.6) is 5.75 Å². The molecule has 0 spiro atoms. The van der Waals surface area contributed by atoms with E-state index < -0.39 is 12.3 Å². The molecule has 0 saturated carbocycles. The highest BCUT2D eigenvalue weighted by molar-refractivity contribution is 5.31. The van der Waals surface area contributed by atoms with Crippen molar-refractivity contribution in [1.29, 1.82) is 0 Å². The van der Waals surface area contributed by atoms with Crippen LogP contribution in [-0.2, 0) is 0 Å². The highest BCUT2D eigenvalue weighted by atomic mass is 19.4. The second kappa shape index (κ2) is 4.56. The summed E-state index contributed by atoms with van der Waals surface area (Å²) >= 11 is 0. The Balaban J connectivity index is 1.98. The van der Waals surface area contributed by atoms with Crippen LogP contribution in [0, 0.1) is 0 Å². The summed E-state index contributed by atoms with van der Waals surface area (Å²) in [5, 5.41) is 3.15. The van der Waals surface area contributed by atoms with Gasteiger partial charge in [-0.05, 0) is 24.6 Å². The fraction of sp³-hybridized carbons (Fsp3) is 0.500. The Morgan fingerprint density at radius 1 is 1.24 bits per heavy atom. The molecule has 1 aliphatic rings. The van der Waals surface area contributed by atoms with Crippen molar-refractivity contribution in [2.75, 3.05) is 13.1 Å². The van der Waals surface area contributed by atoms with Crippen molar-refractivity contribution in [3.63, 3.8) is 0 Å². The first-order valence-electron chi connectivity index (χ1n) is 5.51. The van der Waals surface area contributed by atoms with E-state index in [4.69, 9.17) is 4.74 Å². The lowest BCUT2D eigenvalue weighted by Gasteiger charge is -2.27. The average molecular weight is 245 g/mol. The van der Waals surface area contributed by atoms with Gasteiger partial charge >= 0.3 is 6.18 Å². The molecule has 0 aliphatic carbocycles. The van der Waals surface area contributed by atoms with Gasteiger partial charge in [-0.25, -0.2) is 0 Å². The van der Waals surface area contributed by atoms with E-state index in [2.05, 4.69) is 5.32 Å². The Hall–Kier alpha value is -1.23. The van der Waals surface area contributed by atoms with Crippen LogP contribution in [0.15, 0.2) is 24.3 Å². The van der Waals surface area contributed by atoms with E-state index >= 15 is 0 Å². The van der Waals surface area contributed by atoms with Gasteiger partial charge < -0.3 is 10.1 Å². The predicted molar refractivity (Wildman–Crippen MR) is 58.2 cm³/mol. The van der Waals surface area contributed by atoms with Crippen LogP contribution in [0.3, 0.4) is 0 Å². The van der Waals surface area contributed by atoms with Crippen LogP contribution in [-0.4, -0.2) is 25.4 Å². The minimum atomic E-state index is -4.32. The number of rotatable bonds is 3. The van der Waals surface area contributed by atoms with Crippen molar-refractivity contribution in [2.45, 2.75) is 25.1 Å². The van der Waals surface area contributed by atoms with Gasteiger partial charge in [0.15, 0.2) is 6.10 Å². The molecule has 1 heterocycles. The molecule has 1 unspecified atom stereocenters. The Bertz CT molecular complexity index is 370. The number of alkyl halides is 3. The molecule has 2 nitrogen and oxygen atoms in total. The summed E-state index contributed by atoms with van der Waals surface area (Å²) in [6.45, 7) is 2.86. The molecule has 0 amide bonds. The molecule has 1 aromatic carbocycles. The minimum absolute atomic E-state index is 0.255. The fourth-order valence-electron chi connectivity index (χ4n) is 1.61. The Kier molecular flexibility index (Phi) is 3.28. The Morgan fingerprint density at radius 2 is 1.82 bits per heavy atom. The van der Waals surface area contributed by atoms with Crippen LogP contribution >= 0.6 is 0 Å². The number of ether oxygens (including phenoxy) is 1. The van der Waals surface area contributed by atoms with E-state index in [0.717, 1.165) is 25.6 Å². The van der Waals surface area contributed by atoms with Gasteiger partial charge in [-0.1, -0.05) is 12.1 Å². The zero-order chi connectivity index (χ0) is 12.5. The normalized spacial score (nSPS) is 18.6. The minimum Gasteiger partial charge on any atom is -0.481 e. The predicted octanol–water partition coefficient (Wildman–Crippen LogP) is 2.70. The highest BCUT2D eigenvalue weighted by Gasteiger charge is 2.38. The third kappa shape index (κ3) is 2.91. The number of hydrogen-bond donors (Lipinski definition) is 1. The molecule has 17 heavy (non-hydrogen) atoms. The highest BCUT2D eigenvalue weighted by Crippen LogP contribution is 2.26. The van der Waals surface area contributed by atoms with Gasteiger partial charge in [-0.3, -0.25) is 0 Å². The SMILES string of the molecule is CC(Oc1ccc(C2CNC2)cc1)C(F)(F)F. The first kappa shape index (κ1) is 12.2. The second-order valence-corrected chi connectivity index (χ2v) is 4.23. The molecular weight excluding hydrogens is 231 g/mol. The smallest absolute Gasteiger partial charge is 0.425 e. The van der Waals surface area contributed by atoms with E-state index in [-0.39, 0.29) is 5.75 Å². The van der Waals surface area contributed by atoms with Crippen molar-refractivity contribution in [2.24, 2.45) is 0 Å². The third-order valence-electron chi connectivity index (χ3n) is 2.91. The molecule has 94 valence electrons. The van der Waals surface area contributed by atoms with Crippen LogP contribution in [0.4, 0.5) is 13.2 Å². The van der Waals surface area contributed by atoms with Gasteiger partial charge in [0.05, 0.1) is 0 Å². The first-order valence-corrected chi connectivity index (χ1v) is 5.51. The number of halogens is 3. The number of nitrogens with one attached hydrogen (secondary N) is 1. The molecule has 1 aromatic rings. The maximum absolute atomic E-state index is 12.3. The van der Waals surface area contributed by atoms with Gasteiger partial charge in [0, 0.05) is 19.0 Å². The molecule has 1 N–H and O–H groups in total. The summed E-state index contributed by atoms with van der Waals surface area (Å²) in [6, 6.07) is 6.83. The van der Waals surface area contributed by atoms with Crippen molar-refractivity contribution >= 4 is 0 Å². The first-order chi connectivity index (χ1) is 7.97. The lowest BCUT2D eigenvalue weighted by molar-refractivity contribution is -0.189. The topological polar surface area (TPSA) is 21.3 Å². The average Bonchev–Trinajstić information content (AvgIpc) is 2.16. The third-order valence-corrected chi connectivity index (χ3v) is 2.91. The molecule has 2 rings (SSSR count). The van der Waals surface area contributed by atoms with Gasteiger partial charge in [0.2, 0.25) is 0 Å². The molecule has 5 heteroatoms. The van der Waals surface area contributed by atoms with E-state index in [1.54, 1.807) is 12.1 Å². The summed E-state index contributed by atoms with van der Waals surface area (Å²) in [4.78, 5) is 0. The standard InChI is InChI=1S/C12H14F3NO/c1-8(12(13,14)15)17-11-4-2-9(3-5-11)10-6-16-7-10/h2-5,8,10,16H,6-7H2,1H3. The van der Waals surface area contributed by atoms with Crippen LogP contribution in [0.25, 0.3) is 0 Å². The van der Waals surface area contributed by atoms with Crippen LogP contribution in [0.1, 0.15) is 18.4 Å². The van der Waals surface area contributed by atoms with Gasteiger partial charge in [0.25, 0.3) is 0 Å². The summed E-state index contributed by atoms with van der Waals surface area (Å²) in [7, 11) is 0. The van der Waals surface area contributed by atoms with Crippen LogP contribution in [0.2, 0.25) is 0 Å². The maximum Gasteiger partial charge on any atom is 0.425 e. The molecule has 1 fully saturated rings. The number of benzene rings is 1. The quantitative estimate of drug-likeness (QED) is 0.884. The largest absolute Gasteiger partial charge is 0.481 e. The van der Waals surface area contributed by atoms with E-state index in [0.29, 0.717) is 5.92 Å². The summed E-state index contributed by atoms with van der Waals surface area (Å²) in [6.07, 6.45) is -6.10. The van der Waals surface area contributed by atoms with Gasteiger partial charge in [0.1, 0.15) is 5.75 Å². The lowest BCUT2D eigenvalue weighted by Crippen LogP contribution is -2.39. The van der Waals surface area contributed by atoms with E-state index in [1.165, 1.54) is 0 Å². The molecular formula is C12H14F3NO. The summed E-state index contributed by atoms with van der Waals surface area (Å²) in [5.74, 6) is 0.731. The molecule has 1 saturated heterocycles. The van der Waals surface area contributed by atoms with E-state index in [9.17, 15) is 13.2 Å². The Morgan fingerprint density at radius 3 is 2.24 bits per heavy atom. The molecule has 1 aliphatic heterocycles. The fourth-order valence-corrected chi connectivity index (χ4v) is 1.61. The van der Waals surface area contributed by atoms with Crippen molar-refractivity contribution < 1.29 is 17.9 Å². The molecule has 1 atom stereocenters. The Labute approximate surface area is 97.8 Å². The van der Waals surface area contributed by atoms with Gasteiger partial charge in [-0.2, -0.15) is 13.2 Å². The zero-order valence-electron chi connectivity index (χ0n) is 9.42. The second-order valence-electron chi connectivity index (χ2n) is 4.23. The van der Waals surface area contributed by atoms with Crippen molar-refractivity contribution in [3.05, 3.63) is 29.8 Å². The molecule has 0 aromatic heterocycles. The van der Waals surface area contributed by atoms with Gasteiger partial charge in [-0.15, -0.1) is 0 Å². The zero-order valence-corrected chi connectivity index (χ0v) is 9.42. The lowest BCUT2D eigenvalue weighted by atomic mass is 9.94. The molecule has 0 bridgehead atoms. The monoisotopic (exact) mass is 245 g/mol. The number of hydrogen-bond acceptors (Lipinski definition) is 2. The molecule has 0 radical (unpaired) electrons. The van der Waals surface area contributed by atoms with Crippen molar-refractivity contribution in [1.82, 2.24) is 5.32 Å². The van der Waals surface area contributed by atoms with Crippen LogP contribution < -0.4 is 10.1 Å². The summed E-state index contributed by atoms with van der Waals surface area (Å²) in [5.41, 5.74) is 1.13. The van der Waals surface area contributed by atoms with Crippen molar-refractivity contribution in [3.8, 4) is 5.75 Å².